The van der Waals surface area contributed by atoms with E-state index < -0.39 is 32.6 Å². The second-order valence-electron chi connectivity index (χ2n) is 6.33. The molecule has 3 saturated heterocycles. The molecule has 0 aromatic heterocycles. The first-order chi connectivity index (χ1) is 11.2. The molecule has 0 N–H and O–H groups in total. The lowest BCUT2D eigenvalue weighted by Crippen LogP contribution is -2.36. The molecule has 3 fully saturated rings. The number of hydrogen-bond acceptors (Lipinski definition) is 4. The Morgan fingerprint density at radius 3 is 2.58 bits per heavy atom. The normalized spacial score (nSPS) is 33.5. The van der Waals surface area contributed by atoms with E-state index in [9.17, 15) is 21.6 Å². The minimum atomic E-state index is -4.72. The van der Waals surface area contributed by atoms with E-state index in [1.165, 1.54) is 12.1 Å². The highest BCUT2D eigenvalue weighted by molar-refractivity contribution is 7.93. The molecule has 3 aliphatic heterocycles. The van der Waals surface area contributed by atoms with Gasteiger partial charge in [-0.1, -0.05) is 0 Å². The standard InChI is InChI=1S/C15H13F3N2O3S/c16-15(17,18)11-5-9(2-1-8(11)6-19)20-7-10-12-3-4-13(23-12)14(10)24(20,21)22/h1-2,5,10,12-14H,3-4,7H2/t10-,12+,13-,14-/m0/s1. The maximum atomic E-state index is 13.1. The van der Waals surface area contributed by atoms with E-state index in [0.29, 0.717) is 6.42 Å². The summed E-state index contributed by atoms with van der Waals surface area (Å²) in [6, 6.07) is 4.53. The summed E-state index contributed by atoms with van der Waals surface area (Å²) < 4.78 is 71.6. The van der Waals surface area contributed by atoms with E-state index in [1.807, 2.05) is 0 Å². The maximum Gasteiger partial charge on any atom is 0.417 e. The van der Waals surface area contributed by atoms with Gasteiger partial charge in [0, 0.05) is 12.5 Å². The lowest BCUT2D eigenvalue weighted by atomic mass is 9.89. The molecule has 0 aliphatic carbocycles. The van der Waals surface area contributed by atoms with E-state index in [4.69, 9.17) is 10.00 Å². The number of hydrogen-bond donors (Lipinski definition) is 0. The van der Waals surface area contributed by atoms with Crippen LogP contribution in [0.1, 0.15) is 24.0 Å². The van der Waals surface area contributed by atoms with E-state index in [2.05, 4.69) is 0 Å². The zero-order chi connectivity index (χ0) is 17.3. The molecule has 4 atom stereocenters. The molecule has 1 aromatic rings. The average Bonchev–Trinajstić information content (AvgIpc) is 3.18. The van der Waals surface area contributed by atoms with Gasteiger partial charge in [0.1, 0.15) is 5.25 Å². The van der Waals surface area contributed by atoms with Gasteiger partial charge in [-0.25, -0.2) is 8.42 Å². The molecule has 128 valence electrons. The number of fused-ring (bicyclic) bond motifs is 5. The van der Waals surface area contributed by atoms with Crippen molar-refractivity contribution in [3.8, 4) is 6.07 Å². The van der Waals surface area contributed by atoms with Gasteiger partial charge < -0.3 is 4.74 Å². The molecule has 2 bridgehead atoms. The number of alkyl halides is 3. The van der Waals surface area contributed by atoms with Crippen molar-refractivity contribution >= 4 is 15.7 Å². The van der Waals surface area contributed by atoms with E-state index >= 15 is 0 Å². The summed E-state index contributed by atoms with van der Waals surface area (Å²) in [7, 11) is -3.77. The van der Waals surface area contributed by atoms with Gasteiger partial charge >= 0.3 is 6.18 Å². The molecule has 0 unspecified atom stereocenters. The summed E-state index contributed by atoms with van der Waals surface area (Å²) in [6.07, 6.45) is -3.77. The summed E-state index contributed by atoms with van der Waals surface area (Å²) in [6.45, 7) is 0.122. The lowest BCUT2D eigenvalue weighted by Gasteiger charge is -2.22. The first kappa shape index (κ1) is 15.7. The van der Waals surface area contributed by atoms with Crippen LogP contribution in [0, 0.1) is 17.2 Å². The van der Waals surface area contributed by atoms with Crippen LogP contribution in [0.15, 0.2) is 18.2 Å². The molecule has 24 heavy (non-hydrogen) atoms. The Morgan fingerprint density at radius 2 is 1.96 bits per heavy atom. The van der Waals surface area contributed by atoms with Crippen molar-refractivity contribution in [3.63, 3.8) is 0 Å². The number of sulfonamides is 1. The van der Waals surface area contributed by atoms with Gasteiger partial charge in [-0.05, 0) is 31.0 Å². The quantitative estimate of drug-likeness (QED) is 0.772. The van der Waals surface area contributed by atoms with Crippen LogP contribution in [0.2, 0.25) is 0 Å². The number of ether oxygens (including phenoxy) is 1. The number of nitriles is 1. The summed E-state index contributed by atoms with van der Waals surface area (Å²) in [5, 5.41) is 8.17. The van der Waals surface area contributed by atoms with Crippen LogP contribution in [-0.4, -0.2) is 32.4 Å². The Hall–Kier alpha value is -1.79. The minimum absolute atomic E-state index is 0.0462. The predicted molar refractivity (Wildman–Crippen MR) is 77.6 cm³/mol. The summed E-state index contributed by atoms with van der Waals surface area (Å²) >= 11 is 0. The average molecular weight is 358 g/mol. The minimum Gasteiger partial charge on any atom is -0.373 e. The zero-order valence-corrected chi connectivity index (χ0v) is 13.1. The van der Waals surface area contributed by atoms with Crippen molar-refractivity contribution < 1.29 is 26.3 Å². The highest BCUT2D eigenvalue weighted by atomic mass is 32.2. The van der Waals surface area contributed by atoms with Gasteiger partial charge in [0.05, 0.1) is 35.1 Å². The van der Waals surface area contributed by atoms with Crippen LogP contribution < -0.4 is 4.31 Å². The molecule has 3 heterocycles. The first-order valence-corrected chi connectivity index (χ1v) is 9.02. The highest BCUT2D eigenvalue weighted by Crippen LogP contribution is 2.49. The summed E-state index contributed by atoms with van der Waals surface area (Å²) in [5.41, 5.74) is -1.68. The number of benzene rings is 1. The number of anilines is 1. The second kappa shape index (κ2) is 4.86. The van der Waals surface area contributed by atoms with Crippen LogP contribution in [0.25, 0.3) is 0 Å². The summed E-state index contributed by atoms with van der Waals surface area (Å²) in [5.74, 6) is -0.210. The maximum absolute atomic E-state index is 13.1. The lowest BCUT2D eigenvalue weighted by molar-refractivity contribution is -0.137. The van der Waals surface area contributed by atoms with E-state index in [1.54, 1.807) is 0 Å². The molecule has 0 amide bonds. The molecule has 9 heteroatoms. The van der Waals surface area contributed by atoms with Crippen molar-refractivity contribution in [2.24, 2.45) is 5.92 Å². The molecule has 1 aromatic carbocycles. The van der Waals surface area contributed by atoms with Crippen LogP contribution in [0.5, 0.6) is 0 Å². The Labute approximate surface area is 136 Å². The van der Waals surface area contributed by atoms with Crippen molar-refractivity contribution in [2.45, 2.75) is 36.5 Å². The van der Waals surface area contributed by atoms with Crippen LogP contribution in [0.3, 0.4) is 0 Å². The zero-order valence-electron chi connectivity index (χ0n) is 12.3. The van der Waals surface area contributed by atoms with Gasteiger partial charge in [-0.3, -0.25) is 4.31 Å². The number of nitrogens with zero attached hydrogens (tertiary/aromatic N) is 2. The topological polar surface area (TPSA) is 70.4 Å². The fourth-order valence-electron chi connectivity index (χ4n) is 4.08. The van der Waals surface area contributed by atoms with Gasteiger partial charge in [-0.2, -0.15) is 18.4 Å². The third-order valence-corrected chi connectivity index (χ3v) is 7.41. The molecule has 0 saturated carbocycles. The van der Waals surface area contributed by atoms with Crippen molar-refractivity contribution in [1.82, 2.24) is 0 Å². The third kappa shape index (κ3) is 2.06. The Balaban J connectivity index is 1.77. The Morgan fingerprint density at radius 1 is 1.25 bits per heavy atom. The molecular weight excluding hydrogens is 345 g/mol. The smallest absolute Gasteiger partial charge is 0.373 e. The number of halogens is 3. The monoisotopic (exact) mass is 358 g/mol. The molecule has 3 aliphatic rings. The van der Waals surface area contributed by atoms with Crippen LogP contribution in [0.4, 0.5) is 18.9 Å². The fraction of sp³-hybridized carbons (Fsp3) is 0.533. The molecule has 5 nitrogen and oxygen atoms in total. The summed E-state index contributed by atoms with van der Waals surface area (Å²) in [4.78, 5) is 0. The second-order valence-corrected chi connectivity index (χ2v) is 8.35. The van der Waals surface area contributed by atoms with Gasteiger partial charge in [0.25, 0.3) is 0 Å². The Bertz CT molecular complexity index is 847. The SMILES string of the molecule is N#Cc1ccc(N2C[C@@H]3[C@@H]([C@@H]4CC[C@H]3O4)S2(=O)=O)cc1C(F)(F)F. The van der Waals surface area contributed by atoms with Crippen molar-refractivity contribution in [3.05, 3.63) is 29.3 Å². The van der Waals surface area contributed by atoms with Crippen LogP contribution >= 0.6 is 0 Å². The fourth-order valence-corrected chi connectivity index (χ4v) is 6.45. The van der Waals surface area contributed by atoms with Gasteiger partial charge in [0.15, 0.2) is 0 Å². The van der Waals surface area contributed by atoms with E-state index in [-0.39, 0.29) is 30.4 Å². The molecule has 0 radical (unpaired) electrons. The number of rotatable bonds is 1. The molecule has 4 rings (SSSR count). The highest BCUT2D eigenvalue weighted by Gasteiger charge is 2.61. The van der Waals surface area contributed by atoms with Crippen LogP contribution in [-0.2, 0) is 20.9 Å². The predicted octanol–water partition coefficient (Wildman–Crippen LogP) is 2.27. The van der Waals surface area contributed by atoms with Gasteiger partial charge in [0.2, 0.25) is 10.0 Å². The van der Waals surface area contributed by atoms with Gasteiger partial charge in [-0.15, -0.1) is 0 Å². The third-order valence-electron chi connectivity index (χ3n) is 5.10. The van der Waals surface area contributed by atoms with Crippen molar-refractivity contribution in [2.75, 3.05) is 10.8 Å². The molecular formula is C15H13F3N2O3S. The largest absolute Gasteiger partial charge is 0.417 e. The Kier molecular flexibility index (Phi) is 3.19. The van der Waals surface area contributed by atoms with Crippen molar-refractivity contribution in [1.29, 1.82) is 5.26 Å². The molecule has 0 spiro atoms. The van der Waals surface area contributed by atoms with E-state index in [0.717, 1.165) is 22.9 Å². The first-order valence-electron chi connectivity index (χ1n) is 7.52.